The van der Waals surface area contributed by atoms with Crippen molar-refractivity contribution >= 4 is 6.09 Å². The van der Waals surface area contributed by atoms with Crippen LogP contribution in [0.3, 0.4) is 0 Å². The first-order valence-electron chi connectivity index (χ1n) is 5.91. The lowest BCUT2D eigenvalue weighted by Gasteiger charge is -2.09. The minimum atomic E-state index is -0.239. The summed E-state index contributed by atoms with van der Waals surface area (Å²) < 4.78 is 5.07. The van der Waals surface area contributed by atoms with Gasteiger partial charge in [0.25, 0.3) is 0 Å². The van der Waals surface area contributed by atoms with Crippen LogP contribution in [0.4, 0.5) is 4.79 Å². The van der Waals surface area contributed by atoms with Crippen LogP contribution in [-0.2, 0) is 4.74 Å². The smallest absolute Gasteiger partial charge is 0.407 e. The average Bonchev–Trinajstić information content (AvgIpc) is 2.65. The van der Waals surface area contributed by atoms with Crippen molar-refractivity contribution < 1.29 is 9.53 Å². The molecular weight excluding hydrogens is 192 g/mol. The Hall–Kier alpha value is -0.770. The minimum absolute atomic E-state index is 0.239. The van der Waals surface area contributed by atoms with Gasteiger partial charge in [-0.3, -0.25) is 0 Å². The molecule has 0 radical (unpaired) electrons. The first-order chi connectivity index (χ1) is 7.27. The molecular formula is C11H20N2O2. The Labute approximate surface area is 90.8 Å². The summed E-state index contributed by atoms with van der Waals surface area (Å²) in [4.78, 5) is 11.4. The molecule has 0 aromatic carbocycles. The molecule has 0 aromatic rings. The third-order valence-corrected chi connectivity index (χ3v) is 3.49. The standard InChI is InChI=1S/C11H20N2O2/c1-2-3-6-15-10(14)13-9-7-11(9)4-5-12-8-11/h9,12H,2-8H2,1H3,(H,13,14). The topological polar surface area (TPSA) is 50.4 Å². The second-order valence-electron chi connectivity index (χ2n) is 4.68. The summed E-state index contributed by atoms with van der Waals surface area (Å²) in [6.07, 6.45) is 4.07. The van der Waals surface area contributed by atoms with Crippen LogP contribution in [0, 0.1) is 5.41 Å². The molecule has 4 heteroatoms. The highest BCUT2D eigenvalue weighted by molar-refractivity contribution is 5.68. The van der Waals surface area contributed by atoms with Gasteiger partial charge in [-0.25, -0.2) is 4.79 Å². The number of hydrogen-bond donors (Lipinski definition) is 2. The number of ether oxygens (including phenoxy) is 1. The fraction of sp³-hybridized carbons (Fsp3) is 0.909. The lowest BCUT2D eigenvalue weighted by atomic mass is 10.1. The molecule has 2 N–H and O–H groups in total. The Bertz CT molecular complexity index is 237. The molecule has 2 aliphatic rings. The maximum atomic E-state index is 11.4. The van der Waals surface area contributed by atoms with Crippen molar-refractivity contribution in [2.24, 2.45) is 5.41 Å². The van der Waals surface area contributed by atoms with Crippen molar-refractivity contribution in [3.05, 3.63) is 0 Å². The Morgan fingerprint density at radius 3 is 3.20 bits per heavy atom. The molecule has 2 fully saturated rings. The number of unbranched alkanes of at least 4 members (excludes halogenated alkanes) is 1. The van der Waals surface area contributed by atoms with Crippen molar-refractivity contribution in [3.8, 4) is 0 Å². The fourth-order valence-corrected chi connectivity index (χ4v) is 2.28. The first kappa shape index (κ1) is 10.7. The number of hydrogen-bond acceptors (Lipinski definition) is 3. The van der Waals surface area contributed by atoms with Crippen molar-refractivity contribution in [2.75, 3.05) is 19.7 Å². The van der Waals surface area contributed by atoms with Gasteiger partial charge < -0.3 is 15.4 Å². The zero-order valence-corrected chi connectivity index (χ0v) is 9.34. The van der Waals surface area contributed by atoms with Crippen molar-refractivity contribution in [2.45, 2.75) is 38.6 Å². The van der Waals surface area contributed by atoms with E-state index in [0.29, 0.717) is 18.1 Å². The maximum absolute atomic E-state index is 11.4. The highest BCUT2D eigenvalue weighted by atomic mass is 16.5. The van der Waals surface area contributed by atoms with E-state index in [9.17, 15) is 4.79 Å². The Morgan fingerprint density at radius 2 is 2.53 bits per heavy atom. The summed E-state index contributed by atoms with van der Waals surface area (Å²) in [6.45, 7) is 4.76. The number of amides is 1. The monoisotopic (exact) mass is 212 g/mol. The summed E-state index contributed by atoms with van der Waals surface area (Å²) in [6, 6.07) is 0.349. The second kappa shape index (κ2) is 4.39. The predicted octanol–water partition coefficient (Wildman–Crippen LogP) is 1.26. The molecule has 1 heterocycles. The maximum Gasteiger partial charge on any atom is 0.407 e. The van der Waals surface area contributed by atoms with E-state index >= 15 is 0 Å². The lowest BCUT2D eigenvalue weighted by molar-refractivity contribution is 0.142. The predicted molar refractivity (Wildman–Crippen MR) is 57.7 cm³/mol. The van der Waals surface area contributed by atoms with Gasteiger partial charge in [0, 0.05) is 18.0 Å². The minimum Gasteiger partial charge on any atom is -0.450 e. The highest BCUT2D eigenvalue weighted by Crippen LogP contribution is 2.50. The van der Waals surface area contributed by atoms with Gasteiger partial charge >= 0.3 is 6.09 Å². The van der Waals surface area contributed by atoms with Crippen molar-refractivity contribution in [1.82, 2.24) is 10.6 Å². The molecule has 2 rings (SSSR count). The largest absolute Gasteiger partial charge is 0.450 e. The number of carbonyl (C=O) groups is 1. The van der Waals surface area contributed by atoms with Crippen molar-refractivity contribution in [3.63, 3.8) is 0 Å². The van der Waals surface area contributed by atoms with Crippen LogP contribution in [-0.4, -0.2) is 31.8 Å². The highest BCUT2D eigenvalue weighted by Gasteiger charge is 2.56. The average molecular weight is 212 g/mol. The fourth-order valence-electron chi connectivity index (χ4n) is 2.28. The summed E-state index contributed by atoms with van der Waals surface area (Å²) in [5.74, 6) is 0. The molecule has 1 amide bonds. The number of nitrogens with one attached hydrogen (secondary N) is 2. The van der Waals surface area contributed by atoms with Crippen molar-refractivity contribution in [1.29, 1.82) is 0 Å². The summed E-state index contributed by atoms with van der Waals surface area (Å²) in [7, 11) is 0. The van der Waals surface area contributed by atoms with E-state index in [1.54, 1.807) is 0 Å². The van der Waals surface area contributed by atoms with Gasteiger partial charge in [0.1, 0.15) is 0 Å². The third-order valence-electron chi connectivity index (χ3n) is 3.49. The van der Waals surface area contributed by atoms with E-state index in [1.807, 2.05) is 0 Å². The van der Waals surface area contributed by atoms with Gasteiger partial charge in [-0.1, -0.05) is 13.3 Å². The first-order valence-corrected chi connectivity index (χ1v) is 5.91. The molecule has 2 unspecified atom stereocenters. The second-order valence-corrected chi connectivity index (χ2v) is 4.68. The van der Waals surface area contributed by atoms with Crippen LogP contribution in [0.25, 0.3) is 0 Å². The molecule has 0 aromatic heterocycles. The van der Waals surface area contributed by atoms with E-state index in [1.165, 1.54) is 6.42 Å². The lowest BCUT2D eigenvalue weighted by Crippen LogP contribution is -2.31. The van der Waals surface area contributed by atoms with Crippen LogP contribution in [0.5, 0.6) is 0 Å². The zero-order chi connectivity index (χ0) is 10.7. The molecule has 0 bridgehead atoms. The molecule has 86 valence electrons. The van der Waals surface area contributed by atoms with Crippen LogP contribution in [0.15, 0.2) is 0 Å². The van der Waals surface area contributed by atoms with E-state index in [4.69, 9.17) is 4.74 Å². The SMILES string of the molecule is CCCCOC(=O)NC1CC12CCNC2. The summed E-state index contributed by atoms with van der Waals surface area (Å²) in [5.41, 5.74) is 0.365. The van der Waals surface area contributed by atoms with Gasteiger partial charge in [-0.15, -0.1) is 0 Å². The van der Waals surface area contributed by atoms with Crippen LogP contribution >= 0.6 is 0 Å². The molecule has 15 heavy (non-hydrogen) atoms. The number of carbonyl (C=O) groups excluding carboxylic acids is 1. The number of rotatable bonds is 4. The van der Waals surface area contributed by atoms with E-state index in [-0.39, 0.29) is 6.09 Å². The molecule has 1 spiro atoms. The van der Waals surface area contributed by atoms with Gasteiger partial charge in [0.15, 0.2) is 0 Å². The van der Waals surface area contributed by atoms with E-state index < -0.39 is 0 Å². The molecule has 1 aliphatic heterocycles. The van der Waals surface area contributed by atoms with Crippen LogP contribution in [0.2, 0.25) is 0 Å². The van der Waals surface area contributed by atoms with Gasteiger partial charge in [-0.05, 0) is 25.8 Å². The van der Waals surface area contributed by atoms with E-state index in [0.717, 1.165) is 32.4 Å². The van der Waals surface area contributed by atoms with Crippen LogP contribution < -0.4 is 10.6 Å². The number of alkyl carbamates (subject to hydrolysis) is 1. The van der Waals surface area contributed by atoms with Crippen LogP contribution in [0.1, 0.15) is 32.6 Å². The molecule has 1 aliphatic carbocycles. The van der Waals surface area contributed by atoms with Gasteiger partial charge in [0.2, 0.25) is 0 Å². The molecule has 4 nitrogen and oxygen atoms in total. The summed E-state index contributed by atoms with van der Waals surface area (Å²) >= 11 is 0. The Morgan fingerprint density at radius 1 is 1.67 bits per heavy atom. The third kappa shape index (κ3) is 2.43. The normalized spacial score (nSPS) is 33.0. The Kier molecular flexibility index (Phi) is 3.14. The van der Waals surface area contributed by atoms with Gasteiger partial charge in [-0.2, -0.15) is 0 Å². The molecule has 2 atom stereocenters. The quantitative estimate of drug-likeness (QED) is 0.690. The summed E-state index contributed by atoms with van der Waals surface area (Å²) in [5, 5.41) is 6.28. The van der Waals surface area contributed by atoms with E-state index in [2.05, 4.69) is 17.6 Å². The molecule has 1 saturated heterocycles. The zero-order valence-electron chi connectivity index (χ0n) is 9.34. The van der Waals surface area contributed by atoms with Gasteiger partial charge in [0.05, 0.1) is 6.61 Å². The Balaban J connectivity index is 1.64. The molecule has 1 saturated carbocycles.